The number of unbranched alkanes of at least 4 members (excludes halogenated alkanes) is 1. The first-order valence-corrected chi connectivity index (χ1v) is 26.1. The first-order valence-electron chi connectivity index (χ1n) is 24.7. The van der Waals surface area contributed by atoms with E-state index in [0.29, 0.717) is 42.7 Å². The van der Waals surface area contributed by atoms with E-state index in [1.807, 2.05) is 0 Å². The molecule has 0 bridgehead atoms. The molecule has 0 saturated carbocycles. The number of aliphatic hydroxyl groups excluding tert-OH is 1. The number of nitrogens with two attached hydrogens (primary N) is 3. The van der Waals surface area contributed by atoms with Crippen LogP contribution in [0.3, 0.4) is 0 Å². The van der Waals surface area contributed by atoms with Gasteiger partial charge in [0.2, 0.25) is 53.2 Å². The summed E-state index contributed by atoms with van der Waals surface area (Å²) in [6.45, 7) is 8.60. The Labute approximate surface area is 451 Å². The van der Waals surface area contributed by atoms with Gasteiger partial charge in [0.25, 0.3) is 5.97 Å². The number of hydrogen-bond acceptors (Lipinski definition) is 16. The number of nitrogens with one attached hydrogen (secondary N) is 8. The summed E-state index contributed by atoms with van der Waals surface area (Å²) in [6, 6.07) is 1.45. The summed E-state index contributed by atoms with van der Waals surface area (Å²) in [5.41, 5.74) is 18.0. The average molecular weight is 1100 g/mol. The Morgan fingerprint density at radius 1 is 0.558 bits per heavy atom. The summed E-state index contributed by atoms with van der Waals surface area (Å²) >= 11 is 1.35. The first-order chi connectivity index (χ1) is 36.1. The van der Waals surface area contributed by atoms with E-state index in [-0.39, 0.29) is 25.0 Å². The minimum atomic E-state index is -1.77. The van der Waals surface area contributed by atoms with Crippen LogP contribution in [0.4, 0.5) is 0 Å². The van der Waals surface area contributed by atoms with Crippen LogP contribution >= 0.6 is 11.8 Å². The average Bonchev–Trinajstić information content (AvgIpc) is 3.35. The van der Waals surface area contributed by atoms with Crippen molar-refractivity contribution in [3.05, 3.63) is 65.7 Å². The molecule has 0 saturated heterocycles. The van der Waals surface area contributed by atoms with Crippen LogP contribution < -0.4 is 59.7 Å². The number of aromatic hydroxyl groups is 1. The van der Waals surface area contributed by atoms with Gasteiger partial charge in [0.15, 0.2) is 0 Å². The van der Waals surface area contributed by atoms with Crippen molar-refractivity contribution in [2.24, 2.45) is 23.1 Å². The van der Waals surface area contributed by atoms with Crippen molar-refractivity contribution in [3.8, 4) is 5.75 Å². The van der Waals surface area contributed by atoms with Gasteiger partial charge in [-0.2, -0.15) is 11.8 Å². The molecule has 0 aliphatic rings. The summed E-state index contributed by atoms with van der Waals surface area (Å²) < 4.78 is 0. The van der Waals surface area contributed by atoms with Gasteiger partial charge < -0.3 is 80.2 Å². The molecule has 0 unspecified atom stereocenters. The summed E-state index contributed by atoms with van der Waals surface area (Å²) in [6.07, 6.45) is 0.642. The molecule has 18 N–H and O–H groups in total. The van der Waals surface area contributed by atoms with Crippen LogP contribution in [0.15, 0.2) is 54.6 Å². The van der Waals surface area contributed by atoms with E-state index in [1.54, 1.807) is 50.4 Å². The lowest BCUT2D eigenvalue weighted by molar-refractivity contribution is -0.143. The quantitative estimate of drug-likeness (QED) is 0.0334. The van der Waals surface area contributed by atoms with Gasteiger partial charge in [-0.3, -0.25) is 47.9 Å². The first kappa shape index (κ1) is 67.7. The second kappa shape index (κ2) is 35.1. The van der Waals surface area contributed by atoms with E-state index >= 15 is 0 Å². The lowest BCUT2D eigenvalue weighted by Gasteiger charge is -2.28. The van der Waals surface area contributed by atoms with Gasteiger partial charge >= 0.3 is 5.97 Å². The number of phenolic OH excluding ortho intramolecular Hbond substituents is 1. The van der Waals surface area contributed by atoms with Crippen LogP contribution in [0.25, 0.3) is 0 Å². The van der Waals surface area contributed by atoms with Crippen molar-refractivity contribution in [2.75, 3.05) is 18.6 Å². The number of benzene rings is 2. The predicted octanol–water partition coefficient (Wildman–Crippen LogP) is -2.61. The molecular formula is C50H77N11O15S. The molecule has 2 aromatic carbocycles. The molecule has 428 valence electrons. The normalized spacial score (nSPS) is 14.7. The van der Waals surface area contributed by atoms with E-state index in [9.17, 15) is 63.3 Å². The van der Waals surface area contributed by atoms with Crippen LogP contribution in [0.2, 0.25) is 0 Å². The molecule has 0 aliphatic carbocycles. The van der Waals surface area contributed by atoms with E-state index < -0.39 is 138 Å². The van der Waals surface area contributed by atoms with Gasteiger partial charge in [-0.25, -0.2) is 4.79 Å². The van der Waals surface area contributed by atoms with Gasteiger partial charge in [0.05, 0.1) is 18.6 Å². The summed E-state index contributed by atoms with van der Waals surface area (Å²) in [5, 5.41) is 57.0. The maximum Gasteiger partial charge on any atom is 0.326 e. The van der Waals surface area contributed by atoms with E-state index in [0.717, 1.165) is 6.92 Å². The highest BCUT2D eigenvalue weighted by molar-refractivity contribution is 7.98. The van der Waals surface area contributed by atoms with Crippen molar-refractivity contribution < 1.29 is 73.2 Å². The topological polar surface area (TPSA) is 443 Å². The van der Waals surface area contributed by atoms with E-state index in [2.05, 4.69) is 42.5 Å². The third-order valence-electron chi connectivity index (χ3n) is 11.3. The van der Waals surface area contributed by atoms with Crippen molar-refractivity contribution in [3.63, 3.8) is 0 Å². The Morgan fingerprint density at radius 3 is 1.48 bits per heavy atom. The zero-order valence-electron chi connectivity index (χ0n) is 44.3. The molecule has 0 aliphatic heterocycles. The fourth-order valence-electron chi connectivity index (χ4n) is 7.01. The minimum absolute atomic E-state index is 0.0572. The Hall–Kier alpha value is -7.36. The Balaban J connectivity index is 0.00000714. The van der Waals surface area contributed by atoms with Gasteiger partial charge in [0.1, 0.15) is 54.1 Å². The molecule has 0 heterocycles. The smallest absolute Gasteiger partial charge is 0.326 e. The number of phenols is 1. The maximum atomic E-state index is 14.2. The number of rotatable bonds is 32. The second-order valence-corrected chi connectivity index (χ2v) is 19.4. The maximum absolute atomic E-state index is 14.2. The third-order valence-corrected chi connectivity index (χ3v) is 12.0. The molecule has 10 atom stereocenters. The monoisotopic (exact) mass is 1100 g/mol. The number of carbonyl (C=O) groups excluding carboxylic acids is 9. The largest absolute Gasteiger partial charge is 0.508 e. The number of hydrogen-bond donors (Lipinski definition) is 15. The third kappa shape index (κ3) is 26.3. The van der Waals surface area contributed by atoms with Crippen molar-refractivity contribution in [1.29, 1.82) is 0 Å². The number of carboxylic acids is 2. The Kier molecular flexibility index (Phi) is 30.8. The number of carbonyl (C=O) groups is 11. The highest BCUT2D eigenvalue weighted by Gasteiger charge is 2.36. The summed E-state index contributed by atoms with van der Waals surface area (Å²) in [7, 11) is 0. The van der Waals surface area contributed by atoms with Crippen molar-refractivity contribution >= 4 is 76.9 Å². The highest BCUT2D eigenvalue weighted by atomic mass is 32.2. The summed E-state index contributed by atoms with van der Waals surface area (Å²) in [4.78, 5) is 142. The van der Waals surface area contributed by atoms with Crippen molar-refractivity contribution in [2.45, 2.75) is 147 Å². The molecule has 77 heavy (non-hydrogen) atoms. The molecule has 0 spiro atoms. The number of primary amides is 1. The van der Waals surface area contributed by atoms with Gasteiger partial charge in [0, 0.05) is 19.8 Å². The van der Waals surface area contributed by atoms with Crippen LogP contribution in [0, 0.1) is 5.92 Å². The number of aliphatic carboxylic acids is 2. The second-order valence-electron chi connectivity index (χ2n) is 18.4. The molecular weight excluding hydrogens is 1030 g/mol. The molecule has 2 aromatic rings. The minimum Gasteiger partial charge on any atom is -0.508 e. The molecule has 9 amide bonds. The van der Waals surface area contributed by atoms with E-state index in [4.69, 9.17) is 27.1 Å². The fourth-order valence-corrected chi connectivity index (χ4v) is 7.48. The number of thioether (sulfide) groups is 1. The molecule has 27 heteroatoms. The lowest BCUT2D eigenvalue weighted by Crippen LogP contribution is -2.61. The predicted molar refractivity (Wildman–Crippen MR) is 284 cm³/mol. The Morgan fingerprint density at radius 2 is 1.00 bits per heavy atom. The van der Waals surface area contributed by atoms with Gasteiger partial charge in [-0.1, -0.05) is 62.7 Å². The SMILES string of the molecule is CC(=O)O.CSCC[C@H](NC(=O)[C@@H](NC(=O)[C@H](C)NC(=O)[C@@H](Cc1ccccc1)NC(=O)[C@H](CC(N)=O)NC(=O)[C@H](Cc1ccc(O)cc1)NC(=O)[C@@H](NC(=O)[C@H](C)NC(=O)[C@@H](N)CCCCN)C(C)C)[C@@H](C)O)C(=O)O. The lowest BCUT2D eigenvalue weighted by atomic mass is 10.00. The molecule has 0 fully saturated rings. The number of amides is 9. The number of carboxylic acid groups (broad SMARTS) is 2. The zero-order valence-corrected chi connectivity index (χ0v) is 45.1. The van der Waals surface area contributed by atoms with Crippen molar-refractivity contribution in [1.82, 2.24) is 42.5 Å². The molecule has 2 rings (SSSR count). The number of aliphatic hydroxyl groups is 1. The standard InChI is InChI=1S/C48H73N11O13S.C2H4O2/c1-25(2)38(58-40(63)26(3)52-42(65)32(50)14-10-11-20-49)46(69)57-35(23-30-15-17-31(61)18-16-30)44(67)56-36(24-37(51)62)45(68)55-34(22-29-12-8-7-9-13-29)43(66)53-27(4)41(64)59-39(28(5)60)47(70)54-33(48(71)72)19-21-73-6;1-2(3)4/h7-9,12-13,15-18,25-28,32-36,38-39,60-61H,10-11,14,19-24,49-50H2,1-6H3,(H2,51,62)(H,52,65)(H,53,66)(H,54,70)(H,55,68)(H,56,67)(H,57,69)(H,58,63)(H,59,64)(H,71,72);1H3,(H,3,4)/t26-,27-,28+,32-,33-,34+,35-,36-,38-,39-;/m0./s1. The fraction of sp³-hybridized carbons (Fsp3) is 0.540. The Bertz CT molecular complexity index is 2290. The van der Waals surface area contributed by atoms with Crippen LogP contribution in [0.1, 0.15) is 84.8 Å². The van der Waals surface area contributed by atoms with Crippen LogP contribution in [0.5, 0.6) is 5.75 Å². The van der Waals surface area contributed by atoms with Gasteiger partial charge in [-0.15, -0.1) is 0 Å². The van der Waals surface area contributed by atoms with E-state index in [1.165, 1.54) is 56.8 Å². The molecule has 0 radical (unpaired) electrons. The highest BCUT2D eigenvalue weighted by Crippen LogP contribution is 2.14. The molecule has 26 nitrogen and oxygen atoms in total. The molecule has 0 aromatic heterocycles. The van der Waals surface area contributed by atoms with Crippen LogP contribution in [-0.4, -0.2) is 165 Å². The van der Waals surface area contributed by atoms with Crippen LogP contribution in [-0.2, 0) is 65.6 Å². The summed E-state index contributed by atoms with van der Waals surface area (Å²) in [5.74, 6) is -10.7. The van der Waals surface area contributed by atoms with Gasteiger partial charge in [-0.05, 0) is 87.8 Å². The zero-order chi connectivity index (χ0) is 58.5.